The van der Waals surface area contributed by atoms with Crippen LogP contribution in [-0.2, 0) is 0 Å². The van der Waals surface area contributed by atoms with E-state index >= 15 is 0 Å². The number of rotatable bonds is 3. The summed E-state index contributed by atoms with van der Waals surface area (Å²) in [6.45, 7) is 7.27. The zero-order valence-electron chi connectivity index (χ0n) is 12.1. The summed E-state index contributed by atoms with van der Waals surface area (Å²) in [4.78, 5) is 14.6. The quantitative estimate of drug-likeness (QED) is 0.901. The Bertz CT molecular complexity index is 417. The molecular formula is C16H24N2O. The van der Waals surface area contributed by atoms with Crippen LogP contribution in [0.5, 0.6) is 0 Å². The summed E-state index contributed by atoms with van der Waals surface area (Å²) in [6, 6.07) is 8.52. The normalized spacial score (nSPS) is 23.2. The van der Waals surface area contributed by atoms with E-state index in [-0.39, 0.29) is 5.91 Å². The van der Waals surface area contributed by atoms with Crippen LogP contribution in [0.1, 0.15) is 50.4 Å². The molecule has 3 heteroatoms. The number of nitrogens with zero attached hydrogens (tertiary/aromatic N) is 1. The summed E-state index contributed by atoms with van der Waals surface area (Å²) in [6.07, 6.45) is 3.46. The maximum atomic E-state index is 12.6. The molecular weight excluding hydrogens is 236 g/mol. The smallest absolute Gasteiger partial charge is 0.254 e. The fourth-order valence-corrected chi connectivity index (χ4v) is 2.91. The predicted molar refractivity (Wildman–Crippen MR) is 79.6 cm³/mol. The molecule has 0 radical (unpaired) electrons. The number of likely N-dealkylation sites (tertiary alicyclic amines) is 1. The Hall–Kier alpha value is -1.51. The van der Waals surface area contributed by atoms with Crippen LogP contribution in [0.25, 0.3) is 0 Å². The van der Waals surface area contributed by atoms with Crippen LogP contribution in [0, 0.1) is 0 Å². The Morgan fingerprint density at radius 2 is 1.79 bits per heavy atom. The summed E-state index contributed by atoms with van der Waals surface area (Å²) in [5, 5.41) is 3.25. The van der Waals surface area contributed by atoms with Gasteiger partial charge in [0.05, 0.1) is 0 Å². The molecule has 0 bridgehead atoms. The minimum Gasteiger partial charge on any atom is -0.385 e. The SMILES string of the molecule is CCNc1ccc(C(=O)N2C(C)CCCC2C)cc1. The molecule has 104 valence electrons. The maximum absolute atomic E-state index is 12.6. The summed E-state index contributed by atoms with van der Waals surface area (Å²) >= 11 is 0. The van der Waals surface area contributed by atoms with Crippen LogP contribution in [0.3, 0.4) is 0 Å². The highest BCUT2D eigenvalue weighted by molar-refractivity contribution is 5.95. The molecule has 1 amide bonds. The Labute approximate surface area is 116 Å². The maximum Gasteiger partial charge on any atom is 0.254 e. The second-order valence-corrected chi connectivity index (χ2v) is 5.45. The highest BCUT2D eigenvalue weighted by Crippen LogP contribution is 2.25. The van der Waals surface area contributed by atoms with E-state index in [0.717, 1.165) is 30.6 Å². The van der Waals surface area contributed by atoms with Crippen LogP contribution in [0.15, 0.2) is 24.3 Å². The zero-order chi connectivity index (χ0) is 13.8. The van der Waals surface area contributed by atoms with E-state index in [0.29, 0.717) is 12.1 Å². The van der Waals surface area contributed by atoms with E-state index in [4.69, 9.17) is 0 Å². The van der Waals surface area contributed by atoms with Crippen molar-refractivity contribution in [3.63, 3.8) is 0 Å². The van der Waals surface area contributed by atoms with Gasteiger partial charge in [0, 0.05) is 29.9 Å². The summed E-state index contributed by atoms with van der Waals surface area (Å²) in [5.41, 5.74) is 1.86. The van der Waals surface area contributed by atoms with Crippen molar-refractivity contribution >= 4 is 11.6 Å². The van der Waals surface area contributed by atoms with Crippen molar-refractivity contribution in [3.05, 3.63) is 29.8 Å². The number of benzene rings is 1. The first-order chi connectivity index (χ1) is 9.13. The molecule has 1 heterocycles. The average molecular weight is 260 g/mol. The van der Waals surface area contributed by atoms with Crippen molar-refractivity contribution < 1.29 is 4.79 Å². The number of hydrogen-bond donors (Lipinski definition) is 1. The van der Waals surface area contributed by atoms with E-state index in [1.54, 1.807) is 0 Å². The third-order valence-electron chi connectivity index (χ3n) is 3.94. The van der Waals surface area contributed by atoms with Crippen LogP contribution in [0.4, 0.5) is 5.69 Å². The third-order valence-corrected chi connectivity index (χ3v) is 3.94. The van der Waals surface area contributed by atoms with Crippen molar-refractivity contribution in [2.45, 2.75) is 52.1 Å². The molecule has 1 aliphatic heterocycles. The fraction of sp³-hybridized carbons (Fsp3) is 0.562. The van der Waals surface area contributed by atoms with Gasteiger partial charge in [-0.15, -0.1) is 0 Å². The van der Waals surface area contributed by atoms with Gasteiger partial charge in [0.2, 0.25) is 0 Å². The third kappa shape index (κ3) is 3.09. The number of nitrogens with one attached hydrogen (secondary N) is 1. The Kier molecular flexibility index (Phi) is 4.46. The Morgan fingerprint density at radius 1 is 1.21 bits per heavy atom. The molecule has 0 aliphatic carbocycles. The molecule has 1 aromatic rings. The lowest BCUT2D eigenvalue weighted by molar-refractivity contribution is 0.0511. The lowest BCUT2D eigenvalue weighted by atomic mass is 9.96. The topological polar surface area (TPSA) is 32.3 Å². The van der Waals surface area contributed by atoms with E-state index < -0.39 is 0 Å². The van der Waals surface area contributed by atoms with Crippen molar-refractivity contribution in [2.75, 3.05) is 11.9 Å². The van der Waals surface area contributed by atoms with Gasteiger partial charge in [-0.3, -0.25) is 4.79 Å². The molecule has 0 spiro atoms. The highest BCUT2D eigenvalue weighted by atomic mass is 16.2. The second kappa shape index (κ2) is 6.09. The Morgan fingerprint density at radius 3 is 2.32 bits per heavy atom. The minimum atomic E-state index is 0.169. The number of carbonyl (C=O) groups is 1. The molecule has 1 N–H and O–H groups in total. The van der Waals surface area contributed by atoms with Gasteiger partial charge in [0.15, 0.2) is 0 Å². The lowest BCUT2D eigenvalue weighted by Crippen LogP contribution is -2.47. The van der Waals surface area contributed by atoms with E-state index in [1.807, 2.05) is 29.2 Å². The van der Waals surface area contributed by atoms with Crippen molar-refractivity contribution in [3.8, 4) is 0 Å². The highest BCUT2D eigenvalue weighted by Gasteiger charge is 2.29. The number of anilines is 1. The van der Waals surface area contributed by atoms with Gasteiger partial charge in [0.25, 0.3) is 5.91 Å². The van der Waals surface area contributed by atoms with E-state index in [9.17, 15) is 4.79 Å². The first-order valence-corrected chi connectivity index (χ1v) is 7.30. The van der Waals surface area contributed by atoms with Gasteiger partial charge in [-0.25, -0.2) is 0 Å². The second-order valence-electron chi connectivity index (χ2n) is 5.45. The molecule has 2 atom stereocenters. The molecule has 1 aliphatic rings. The average Bonchev–Trinajstić information content (AvgIpc) is 2.39. The summed E-state index contributed by atoms with van der Waals surface area (Å²) < 4.78 is 0. The van der Waals surface area contributed by atoms with Crippen LogP contribution in [0.2, 0.25) is 0 Å². The molecule has 0 aromatic heterocycles. The van der Waals surface area contributed by atoms with Gasteiger partial charge >= 0.3 is 0 Å². The minimum absolute atomic E-state index is 0.169. The van der Waals surface area contributed by atoms with Crippen LogP contribution in [-0.4, -0.2) is 29.4 Å². The van der Waals surface area contributed by atoms with Crippen LogP contribution < -0.4 is 5.32 Å². The van der Waals surface area contributed by atoms with Crippen molar-refractivity contribution in [1.29, 1.82) is 0 Å². The van der Waals surface area contributed by atoms with Gasteiger partial charge in [-0.1, -0.05) is 0 Å². The fourth-order valence-electron chi connectivity index (χ4n) is 2.91. The first kappa shape index (κ1) is 13.9. The molecule has 1 aromatic carbocycles. The number of hydrogen-bond acceptors (Lipinski definition) is 2. The van der Waals surface area contributed by atoms with Crippen molar-refractivity contribution in [1.82, 2.24) is 4.90 Å². The van der Waals surface area contributed by atoms with Gasteiger partial charge < -0.3 is 10.2 Å². The predicted octanol–water partition coefficient (Wildman–Crippen LogP) is 3.52. The molecule has 2 unspecified atom stereocenters. The standard InChI is InChI=1S/C16H24N2O/c1-4-17-15-10-8-14(9-11-15)16(19)18-12(2)6-5-7-13(18)3/h8-13,17H,4-7H2,1-3H3. The Balaban J connectivity index is 2.13. The molecule has 3 nitrogen and oxygen atoms in total. The number of carbonyl (C=O) groups excluding carboxylic acids is 1. The summed E-state index contributed by atoms with van der Waals surface area (Å²) in [7, 11) is 0. The zero-order valence-corrected chi connectivity index (χ0v) is 12.1. The molecule has 1 fully saturated rings. The van der Waals surface area contributed by atoms with Gasteiger partial charge in [-0.2, -0.15) is 0 Å². The molecule has 0 saturated carbocycles. The molecule has 19 heavy (non-hydrogen) atoms. The van der Waals surface area contributed by atoms with E-state index in [2.05, 4.69) is 26.1 Å². The number of piperidine rings is 1. The molecule has 1 saturated heterocycles. The van der Waals surface area contributed by atoms with Gasteiger partial charge in [-0.05, 0) is 64.3 Å². The number of amides is 1. The molecule has 2 rings (SSSR count). The monoisotopic (exact) mass is 260 g/mol. The van der Waals surface area contributed by atoms with Crippen LogP contribution >= 0.6 is 0 Å². The lowest BCUT2D eigenvalue weighted by Gasteiger charge is -2.39. The van der Waals surface area contributed by atoms with Crippen molar-refractivity contribution in [2.24, 2.45) is 0 Å². The van der Waals surface area contributed by atoms with Gasteiger partial charge in [0.1, 0.15) is 0 Å². The van der Waals surface area contributed by atoms with E-state index in [1.165, 1.54) is 6.42 Å². The first-order valence-electron chi connectivity index (χ1n) is 7.30. The largest absolute Gasteiger partial charge is 0.385 e. The summed E-state index contributed by atoms with van der Waals surface area (Å²) in [5.74, 6) is 0.169.